The summed E-state index contributed by atoms with van der Waals surface area (Å²) in [5, 5.41) is 2.08. The molecule has 0 N–H and O–H groups in total. The molecule has 2 rings (SSSR count). The molecule has 0 fully saturated rings. The third kappa shape index (κ3) is 4.37. The van der Waals surface area contributed by atoms with Crippen molar-refractivity contribution in [1.29, 1.82) is 0 Å². The number of hydrogen-bond acceptors (Lipinski definition) is 3. The summed E-state index contributed by atoms with van der Waals surface area (Å²) in [7, 11) is 0. The molecule has 128 valence electrons. The van der Waals surface area contributed by atoms with E-state index in [2.05, 4.69) is 41.8 Å². The molecule has 0 radical (unpaired) electrons. The molecule has 0 spiro atoms. The fraction of sp³-hybridized carbons (Fsp3) is 0.353. The lowest BCUT2D eigenvalue weighted by atomic mass is 9.90. The average molecular weight is 495 g/mol. The molecule has 3 nitrogen and oxygen atoms in total. The van der Waals surface area contributed by atoms with Crippen molar-refractivity contribution in [1.82, 2.24) is 9.97 Å². The van der Waals surface area contributed by atoms with E-state index in [4.69, 9.17) is 23.2 Å². The number of carbonyl (C=O) groups excluding carboxylic acids is 1. The summed E-state index contributed by atoms with van der Waals surface area (Å²) in [5.74, 6) is -0.725. The zero-order valence-corrected chi connectivity index (χ0v) is 17.9. The largest absolute Gasteiger partial charge is 0.298 e. The molecule has 2 aromatic heterocycles. The van der Waals surface area contributed by atoms with Crippen LogP contribution in [0, 0.1) is 0 Å². The minimum absolute atomic E-state index is 0.0281. The first kappa shape index (κ1) is 19.8. The van der Waals surface area contributed by atoms with E-state index in [1.807, 2.05) is 38.1 Å². The van der Waals surface area contributed by atoms with Crippen molar-refractivity contribution in [3.63, 3.8) is 0 Å². The second-order valence-corrected chi connectivity index (χ2v) is 7.32. The maximum atomic E-state index is 12.8. The van der Waals surface area contributed by atoms with Gasteiger partial charge in [-0.15, -0.1) is 0 Å². The Morgan fingerprint density at radius 1 is 0.917 bits per heavy atom. The van der Waals surface area contributed by atoms with Crippen LogP contribution in [0.3, 0.4) is 0 Å². The number of hydrogen-bond donors (Lipinski definition) is 0. The molecule has 2 heterocycles. The lowest BCUT2D eigenvalue weighted by Crippen LogP contribution is -2.18. The second kappa shape index (κ2) is 8.75. The number of rotatable bonds is 6. The van der Waals surface area contributed by atoms with Gasteiger partial charge >= 0.3 is 0 Å². The molecule has 2 aromatic rings. The van der Waals surface area contributed by atoms with Gasteiger partial charge in [0.05, 0.1) is 23.2 Å². The monoisotopic (exact) mass is 492 g/mol. The van der Waals surface area contributed by atoms with E-state index in [-0.39, 0.29) is 17.6 Å². The Morgan fingerprint density at radius 3 is 1.58 bits per heavy atom. The molecule has 0 aliphatic heterocycles. The standard InChI is InChI=1S/C17H16Br2Cl2N2O/c1-9(13-5-3-11(7-18)16(20)22-13)15(24)10(2)14-6-4-12(8-19)17(21)23-14/h3-6,9-10H,7-8H2,1-2H3. The molecule has 0 amide bonds. The van der Waals surface area contributed by atoms with Crippen molar-refractivity contribution < 1.29 is 4.79 Å². The van der Waals surface area contributed by atoms with Crippen molar-refractivity contribution in [3.8, 4) is 0 Å². The maximum absolute atomic E-state index is 12.8. The van der Waals surface area contributed by atoms with Crippen LogP contribution in [0.25, 0.3) is 0 Å². The van der Waals surface area contributed by atoms with E-state index in [1.54, 1.807) is 0 Å². The van der Waals surface area contributed by atoms with Crippen LogP contribution in [-0.4, -0.2) is 15.8 Å². The van der Waals surface area contributed by atoms with Crippen molar-refractivity contribution in [3.05, 3.63) is 57.1 Å². The molecule has 0 saturated carbocycles. The normalized spacial score (nSPS) is 13.6. The van der Waals surface area contributed by atoms with E-state index in [0.717, 1.165) is 11.1 Å². The number of pyridine rings is 2. The third-order valence-corrected chi connectivity index (χ3v) is 5.79. The fourth-order valence-corrected chi connectivity index (χ4v) is 3.99. The van der Waals surface area contributed by atoms with Crippen molar-refractivity contribution in [2.75, 3.05) is 0 Å². The van der Waals surface area contributed by atoms with E-state index in [9.17, 15) is 4.79 Å². The highest BCUT2D eigenvalue weighted by molar-refractivity contribution is 9.08. The maximum Gasteiger partial charge on any atom is 0.150 e. The Kier molecular flexibility index (Phi) is 7.23. The Morgan fingerprint density at radius 2 is 1.29 bits per heavy atom. The van der Waals surface area contributed by atoms with Crippen molar-refractivity contribution in [2.24, 2.45) is 0 Å². The first-order valence-electron chi connectivity index (χ1n) is 7.35. The van der Waals surface area contributed by atoms with Crippen LogP contribution in [0.4, 0.5) is 0 Å². The predicted octanol–water partition coefficient (Wildman–Crippen LogP) is 6.05. The molecule has 0 aliphatic carbocycles. The molecule has 0 aliphatic rings. The van der Waals surface area contributed by atoms with Crippen molar-refractivity contribution in [2.45, 2.75) is 36.3 Å². The van der Waals surface area contributed by atoms with Gasteiger partial charge in [-0.1, -0.05) is 67.2 Å². The van der Waals surface area contributed by atoms with E-state index >= 15 is 0 Å². The highest BCUT2D eigenvalue weighted by atomic mass is 79.9. The molecule has 24 heavy (non-hydrogen) atoms. The number of ketones is 1. The number of aromatic nitrogens is 2. The zero-order chi connectivity index (χ0) is 17.9. The number of nitrogens with zero attached hydrogens (tertiary/aromatic N) is 2. The van der Waals surface area contributed by atoms with Gasteiger partial charge in [0, 0.05) is 21.8 Å². The second-order valence-electron chi connectivity index (χ2n) is 5.49. The third-order valence-electron chi connectivity index (χ3n) is 3.92. The Balaban J connectivity index is 2.23. The zero-order valence-electron chi connectivity index (χ0n) is 13.2. The summed E-state index contributed by atoms with van der Waals surface area (Å²) in [6, 6.07) is 7.44. The lowest BCUT2D eigenvalue weighted by molar-refractivity contribution is -0.121. The van der Waals surface area contributed by atoms with Gasteiger partial charge in [-0.2, -0.15) is 0 Å². The van der Waals surface area contributed by atoms with Crippen LogP contribution in [0.1, 0.15) is 48.2 Å². The van der Waals surface area contributed by atoms with Crippen LogP contribution < -0.4 is 0 Å². The Hall–Kier alpha value is -0.490. The SMILES string of the molecule is CC(C(=O)C(C)c1ccc(CBr)c(Cl)n1)c1ccc(CBr)c(Cl)n1. The highest BCUT2D eigenvalue weighted by Crippen LogP contribution is 2.28. The summed E-state index contributed by atoms with van der Waals surface area (Å²) in [4.78, 5) is 21.5. The van der Waals surface area contributed by atoms with Gasteiger partial charge in [-0.25, -0.2) is 9.97 Å². The molecule has 2 atom stereocenters. The van der Waals surface area contributed by atoms with Crippen LogP contribution in [0.2, 0.25) is 10.3 Å². The van der Waals surface area contributed by atoms with Gasteiger partial charge in [0.15, 0.2) is 0 Å². The van der Waals surface area contributed by atoms with Crippen LogP contribution in [-0.2, 0) is 15.5 Å². The number of alkyl halides is 2. The first-order valence-corrected chi connectivity index (χ1v) is 10.3. The van der Waals surface area contributed by atoms with Gasteiger partial charge in [-0.05, 0) is 26.0 Å². The molecular weight excluding hydrogens is 479 g/mol. The van der Waals surface area contributed by atoms with E-state index < -0.39 is 0 Å². The number of carbonyl (C=O) groups is 1. The van der Waals surface area contributed by atoms with Gasteiger partial charge in [0.1, 0.15) is 16.1 Å². The topological polar surface area (TPSA) is 42.9 Å². The fourth-order valence-electron chi connectivity index (χ4n) is 2.30. The lowest BCUT2D eigenvalue weighted by Gasteiger charge is -2.17. The summed E-state index contributed by atoms with van der Waals surface area (Å²) in [5.41, 5.74) is 3.10. The molecule has 0 bridgehead atoms. The summed E-state index contributed by atoms with van der Waals surface area (Å²) < 4.78 is 0. The summed E-state index contributed by atoms with van der Waals surface area (Å²) in [6.07, 6.45) is 0. The first-order chi connectivity index (χ1) is 11.4. The minimum atomic E-state index is -0.377. The Bertz CT molecular complexity index is 694. The quantitative estimate of drug-likeness (QED) is 0.362. The summed E-state index contributed by atoms with van der Waals surface area (Å²) in [6.45, 7) is 3.67. The van der Waals surface area contributed by atoms with E-state index in [0.29, 0.717) is 32.4 Å². The molecule has 0 aromatic carbocycles. The number of halogens is 4. The smallest absolute Gasteiger partial charge is 0.150 e. The van der Waals surface area contributed by atoms with Gasteiger partial charge in [0.25, 0.3) is 0 Å². The highest BCUT2D eigenvalue weighted by Gasteiger charge is 2.25. The average Bonchev–Trinajstić information content (AvgIpc) is 2.59. The molecule has 2 unspecified atom stereocenters. The van der Waals surface area contributed by atoms with Gasteiger partial charge < -0.3 is 0 Å². The molecule has 7 heteroatoms. The Labute approximate surface area is 168 Å². The van der Waals surface area contributed by atoms with Crippen LogP contribution >= 0.6 is 55.1 Å². The molecule has 0 saturated heterocycles. The predicted molar refractivity (Wildman–Crippen MR) is 106 cm³/mol. The van der Waals surface area contributed by atoms with E-state index in [1.165, 1.54) is 0 Å². The molecular formula is C17H16Br2Cl2N2O. The van der Waals surface area contributed by atoms with Crippen molar-refractivity contribution >= 4 is 60.8 Å². The summed E-state index contributed by atoms with van der Waals surface area (Å²) >= 11 is 19.0. The van der Waals surface area contributed by atoms with Crippen LogP contribution in [0.15, 0.2) is 24.3 Å². The van der Waals surface area contributed by atoms with Gasteiger partial charge in [0.2, 0.25) is 0 Å². The van der Waals surface area contributed by atoms with Crippen LogP contribution in [0.5, 0.6) is 0 Å². The minimum Gasteiger partial charge on any atom is -0.298 e. The van der Waals surface area contributed by atoms with Gasteiger partial charge in [-0.3, -0.25) is 4.79 Å². The number of Topliss-reactive ketones (excluding diaryl/α,β-unsaturated/α-hetero) is 1.